The van der Waals surface area contributed by atoms with Crippen LogP contribution in [0, 0.1) is 19.8 Å². The van der Waals surface area contributed by atoms with E-state index in [-0.39, 0.29) is 11.9 Å². The Hall–Kier alpha value is -2.15. The number of rotatable bonds is 7. The number of hydrogen-bond acceptors (Lipinski definition) is 5. The van der Waals surface area contributed by atoms with Crippen molar-refractivity contribution in [3.8, 4) is 0 Å². The molecule has 1 N–H and O–H groups in total. The third-order valence-corrected chi connectivity index (χ3v) is 5.49. The Morgan fingerprint density at radius 1 is 1.38 bits per heavy atom. The maximum absolute atomic E-state index is 11.9. The van der Waals surface area contributed by atoms with Gasteiger partial charge < -0.3 is 9.84 Å². The number of nitrogens with zero attached hydrogens (tertiary/aromatic N) is 4. The molecule has 3 heterocycles. The van der Waals surface area contributed by atoms with Crippen molar-refractivity contribution >= 4 is 5.91 Å². The molecule has 0 bridgehead atoms. The van der Waals surface area contributed by atoms with Gasteiger partial charge in [-0.15, -0.1) is 0 Å². The first-order chi connectivity index (χ1) is 12.6. The third-order valence-electron chi connectivity index (χ3n) is 5.49. The van der Waals surface area contributed by atoms with Gasteiger partial charge in [0.2, 0.25) is 5.91 Å². The van der Waals surface area contributed by atoms with Crippen LogP contribution in [0.2, 0.25) is 0 Å². The van der Waals surface area contributed by atoms with Crippen LogP contribution < -0.4 is 5.32 Å². The fourth-order valence-electron chi connectivity index (χ4n) is 3.78. The lowest BCUT2D eigenvalue weighted by molar-refractivity contribution is -0.121. The summed E-state index contributed by atoms with van der Waals surface area (Å²) in [6.07, 6.45) is 5.87. The van der Waals surface area contributed by atoms with E-state index in [1.54, 1.807) is 0 Å². The second kappa shape index (κ2) is 7.23. The summed E-state index contributed by atoms with van der Waals surface area (Å²) in [4.78, 5) is 14.3. The van der Waals surface area contributed by atoms with Crippen LogP contribution in [0.1, 0.15) is 54.4 Å². The molecule has 1 atom stereocenters. The molecule has 1 amide bonds. The van der Waals surface area contributed by atoms with Crippen LogP contribution in [0.5, 0.6) is 0 Å². The molecule has 1 saturated carbocycles. The average Bonchev–Trinajstić information content (AvgIpc) is 3.20. The molecular formula is C19H27N5O2. The fourth-order valence-corrected chi connectivity index (χ4v) is 3.78. The molecule has 0 radical (unpaired) electrons. The minimum Gasteiger partial charge on any atom is -0.361 e. The van der Waals surface area contributed by atoms with Crippen molar-refractivity contribution in [3.63, 3.8) is 0 Å². The molecular weight excluding hydrogens is 330 g/mol. The van der Waals surface area contributed by atoms with Crippen molar-refractivity contribution in [1.29, 1.82) is 0 Å². The van der Waals surface area contributed by atoms with Gasteiger partial charge in [0.1, 0.15) is 5.76 Å². The van der Waals surface area contributed by atoms with Gasteiger partial charge >= 0.3 is 0 Å². The molecule has 1 aliphatic heterocycles. The van der Waals surface area contributed by atoms with Crippen LogP contribution >= 0.6 is 0 Å². The molecule has 0 spiro atoms. The summed E-state index contributed by atoms with van der Waals surface area (Å²) < 4.78 is 7.43. The van der Waals surface area contributed by atoms with E-state index in [0.29, 0.717) is 18.9 Å². The zero-order chi connectivity index (χ0) is 18.1. The van der Waals surface area contributed by atoms with E-state index in [9.17, 15) is 4.79 Å². The molecule has 140 valence electrons. The molecule has 1 fully saturated rings. The number of aryl methyl sites for hydroxylation is 2. The number of fused-ring (bicyclic) bond motifs is 1. The molecule has 2 aromatic rings. The van der Waals surface area contributed by atoms with Gasteiger partial charge in [-0.3, -0.25) is 14.4 Å². The Kier molecular flexibility index (Phi) is 4.80. The summed E-state index contributed by atoms with van der Waals surface area (Å²) >= 11 is 0. The first kappa shape index (κ1) is 17.3. The van der Waals surface area contributed by atoms with Gasteiger partial charge in [-0.05, 0) is 45.1 Å². The first-order valence-electron chi connectivity index (χ1n) is 9.53. The Morgan fingerprint density at radius 3 is 2.96 bits per heavy atom. The van der Waals surface area contributed by atoms with Crippen LogP contribution in [-0.2, 0) is 17.9 Å². The Balaban J connectivity index is 1.37. The van der Waals surface area contributed by atoms with E-state index < -0.39 is 0 Å². The van der Waals surface area contributed by atoms with Gasteiger partial charge in [0, 0.05) is 44.4 Å². The van der Waals surface area contributed by atoms with Crippen LogP contribution in [-0.4, -0.2) is 38.8 Å². The number of aromatic nitrogens is 3. The van der Waals surface area contributed by atoms with Crippen molar-refractivity contribution < 1.29 is 9.32 Å². The van der Waals surface area contributed by atoms with Crippen molar-refractivity contribution in [2.45, 2.75) is 58.7 Å². The van der Waals surface area contributed by atoms with Crippen molar-refractivity contribution in [3.05, 3.63) is 35.0 Å². The molecule has 7 heteroatoms. The molecule has 26 heavy (non-hydrogen) atoms. The lowest BCUT2D eigenvalue weighted by atomic mass is 10.1. The van der Waals surface area contributed by atoms with Gasteiger partial charge in [0.15, 0.2) is 0 Å². The standard InChI is InChI=1S/C19H27N5O2/c1-13-18(14(2)26-22-13)12-23-10-16(24-17(11-23)6-8-21-24)5-7-20-19(25)9-15-3-4-15/h6,8,15-16H,3-5,7,9-12H2,1-2H3,(H,20,25). The lowest BCUT2D eigenvalue weighted by Crippen LogP contribution is -2.39. The van der Waals surface area contributed by atoms with Gasteiger partial charge in [-0.1, -0.05) is 5.16 Å². The molecule has 2 aliphatic rings. The zero-order valence-corrected chi connectivity index (χ0v) is 15.6. The minimum absolute atomic E-state index is 0.191. The normalized spacial score (nSPS) is 20.2. The molecule has 4 rings (SSSR count). The average molecular weight is 357 g/mol. The van der Waals surface area contributed by atoms with E-state index >= 15 is 0 Å². The second-order valence-electron chi connectivity index (χ2n) is 7.68. The largest absolute Gasteiger partial charge is 0.361 e. The summed E-state index contributed by atoms with van der Waals surface area (Å²) in [6.45, 7) is 7.28. The zero-order valence-electron chi connectivity index (χ0n) is 15.6. The summed E-state index contributed by atoms with van der Waals surface area (Å²) in [5.74, 6) is 1.72. The van der Waals surface area contributed by atoms with E-state index in [1.165, 1.54) is 24.1 Å². The quantitative estimate of drug-likeness (QED) is 0.823. The number of nitrogens with one attached hydrogen (secondary N) is 1. The highest BCUT2D eigenvalue weighted by molar-refractivity contribution is 5.76. The minimum atomic E-state index is 0.191. The number of carbonyl (C=O) groups is 1. The van der Waals surface area contributed by atoms with Crippen molar-refractivity contribution in [2.24, 2.45) is 5.92 Å². The van der Waals surface area contributed by atoms with Crippen molar-refractivity contribution in [1.82, 2.24) is 25.2 Å². The van der Waals surface area contributed by atoms with Crippen LogP contribution in [0.4, 0.5) is 0 Å². The summed E-state index contributed by atoms with van der Waals surface area (Å²) in [6, 6.07) is 2.36. The van der Waals surface area contributed by atoms with E-state index in [0.717, 1.165) is 37.5 Å². The highest BCUT2D eigenvalue weighted by Crippen LogP contribution is 2.32. The predicted octanol–water partition coefficient (Wildman–Crippen LogP) is 2.35. The fraction of sp³-hybridized carbons (Fsp3) is 0.632. The summed E-state index contributed by atoms with van der Waals surface area (Å²) in [7, 11) is 0. The SMILES string of the molecule is Cc1noc(C)c1CN1Cc2ccnn2C(CCNC(=O)CC2CC2)C1. The molecule has 1 unspecified atom stereocenters. The molecule has 7 nitrogen and oxygen atoms in total. The van der Waals surface area contributed by atoms with Gasteiger partial charge in [0.05, 0.1) is 17.4 Å². The van der Waals surface area contributed by atoms with Crippen molar-refractivity contribution in [2.75, 3.05) is 13.1 Å². The second-order valence-corrected chi connectivity index (χ2v) is 7.68. The number of amides is 1. The molecule has 0 saturated heterocycles. The smallest absolute Gasteiger partial charge is 0.220 e. The van der Waals surface area contributed by atoms with Crippen LogP contribution in [0.3, 0.4) is 0 Å². The first-order valence-corrected chi connectivity index (χ1v) is 9.53. The maximum atomic E-state index is 11.9. The Labute approximate surface area is 153 Å². The van der Waals surface area contributed by atoms with E-state index in [1.807, 2.05) is 20.0 Å². The topological polar surface area (TPSA) is 76.2 Å². The highest BCUT2D eigenvalue weighted by atomic mass is 16.5. The lowest BCUT2D eigenvalue weighted by Gasteiger charge is -2.34. The Bertz CT molecular complexity index is 757. The summed E-state index contributed by atoms with van der Waals surface area (Å²) in [5.41, 5.74) is 3.36. The van der Waals surface area contributed by atoms with Gasteiger partial charge in [0.25, 0.3) is 0 Å². The van der Waals surface area contributed by atoms with Crippen LogP contribution in [0.15, 0.2) is 16.8 Å². The van der Waals surface area contributed by atoms with E-state index in [2.05, 4.69) is 31.2 Å². The molecule has 2 aromatic heterocycles. The maximum Gasteiger partial charge on any atom is 0.220 e. The summed E-state index contributed by atoms with van der Waals surface area (Å²) in [5, 5.41) is 11.7. The molecule has 0 aromatic carbocycles. The highest BCUT2D eigenvalue weighted by Gasteiger charge is 2.27. The number of hydrogen-bond donors (Lipinski definition) is 1. The predicted molar refractivity (Wildman–Crippen MR) is 96.3 cm³/mol. The molecule has 1 aliphatic carbocycles. The van der Waals surface area contributed by atoms with Gasteiger partial charge in [-0.25, -0.2) is 0 Å². The van der Waals surface area contributed by atoms with Crippen LogP contribution in [0.25, 0.3) is 0 Å². The van der Waals surface area contributed by atoms with Gasteiger partial charge in [-0.2, -0.15) is 5.10 Å². The Morgan fingerprint density at radius 2 is 2.23 bits per heavy atom. The van der Waals surface area contributed by atoms with E-state index in [4.69, 9.17) is 4.52 Å². The number of carbonyl (C=O) groups excluding carboxylic acids is 1. The third kappa shape index (κ3) is 3.82. The monoisotopic (exact) mass is 357 g/mol.